The number of rotatable bonds is 0. The largest absolute Gasteiger partial charge is 0.480 e. The molecule has 1 aromatic rings. The third kappa shape index (κ3) is 1.23. The van der Waals surface area contributed by atoms with Crippen LogP contribution in [0.5, 0.6) is 5.95 Å². The minimum absolute atomic E-state index is 0.201. The van der Waals surface area contributed by atoms with Crippen molar-refractivity contribution in [2.75, 3.05) is 0 Å². The van der Waals surface area contributed by atoms with Crippen molar-refractivity contribution in [3.63, 3.8) is 0 Å². The van der Waals surface area contributed by atoms with Crippen LogP contribution in [0.15, 0.2) is 10.6 Å². The Bertz CT molecular complexity index is 254. The summed E-state index contributed by atoms with van der Waals surface area (Å²) in [6.07, 6.45) is 1.21. The maximum Gasteiger partial charge on any atom is 0.303 e. The van der Waals surface area contributed by atoms with E-state index < -0.39 is 0 Å². The van der Waals surface area contributed by atoms with Crippen LogP contribution < -0.4 is 0 Å². The van der Waals surface area contributed by atoms with Gasteiger partial charge in [-0.1, -0.05) is 5.92 Å². The van der Waals surface area contributed by atoms with Crippen molar-refractivity contribution in [3.8, 4) is 17.8 Å². The fraction of sp³-hybridized carbons (Fsp3) is 0.167. The molecule has 0 radical (unpaired) electrons. The summed E-state index contributed by atoms with van der Waals surface area (Å²) in [5, 5.41) is 8.58. The molecule has 1 aromatic heterocycles. The quantitative estimate of drug-likeness (QED) is 0.519. The average molecular weight is 124 g/mol. The van der Waals surface area contributed by atoms with Gasteiger partial charge in [0.2, 0.25) is 0 Å². The summed E-state index contributed by atoms with van der Waals surface area (Å²) in [6.45, 7) is 1.67. The Labute approximate surface area is 52.3 Å². The summed E-state index contributed by atoms with van der Waals surface area (Å²) < 4.78 is 4.59. The molecule has 0 aliphatic rings. The molecule has 9 heavy (non-hydrogen) atoms. The predicted octanol–water partition coefficient (Wildman–Crippen LogP) is 0.752. The molecule has 0 amide bonds. The van der Waals surface area contributed by atoms with E-state index in [0.29, 0.717) is 0 Å². The van der Waals surface area contributed by atoms with Crippen LogP contribution >= 0.6 is 0 Å². The van der Waals surface area contributed by atoms with E-state index in [4.69, 9.17) is 5.11 Å². The maximum absolute atomic E-state index is 8.58. The molecule has 0 saturated heterocycles. The van der Waals surface area contributed by atoms with Gasteiger partial charge in [0, 0.05) is 0 Å². The number of nitrogens with zero attached hydrogens (tertiary/aromatic N) is 1. The third-order valence-corrected chi connectivity index (χ3v) is 0.725. The molecule has 0 bridgehead atoms. The topological polar surface area (TPSA) is 46.3 Å². The second-order valence-corrected chi connectivity index (χ2v) is 1.38. The first-order chi connectivity index (χ1) is 4.33. The Morgan fingerprint density at radius 1 is 1.78 bits per heavy atom. The van der Waals surface area contributed by atoms with Crippen LogP contribution in [0, 0.1) is 11.8 Å². The zero-order chi connectivity index (χ0) is 6.69. The Morgan fingerprint density at radius 2 is 2.56 bits per heavy atom. The highest BCUT2D eigenvalue weighted by Gasteiger charge is 1.94. The number of hydrogen-bond acceptors (Lipinski definition) is 3. The summed E-state index contributed by atoms with van der Waals surface area (Å²) in [4.78, 5) is 3.62. The Hall–Kier alpha value is -1.43. The van der Waals surface area contributed by atoms with Crippen molar-refractivity contribution in [2.45, 2.75) is 6.92 Å². The summed E-state index contributed by atoms with van der Waals surface area (Å²) in [6, 6.07) is 0. The highest BCUT2D eigenvalue weighted by Crippen LogP contribution is 2.07. The molecule has 0 saturated carbocycles. The lowest BCUT2D eigenvalue weighted by atomic mass is 10.6. The van der Waals surface area contributed by atoms with E-state index in [2.05, 4.69) is 21.2 Å². The van der Waals surface area contributed by atoms with Gasteiger partial charge >= 0.3 is 5.95 Å². The van der Waals surface area contributed by atoms with Crippen molar-refractivity contribution in [1.29, 1.82) is 0 Å². The highest BCUT2D eigenvalue weighted by atomic mass is 16.5. The predicted molar refractivity (Wildman–Crippen MR) is 30.7 cm³/mol. The molecule has 3 nitrogen and oxygen atoms in total. The smallest absolute Gasteiger partial charge is 0.303 e. The molecule has 0 fully saturated rings. The molecule has 0 spiro atoms. The molecule has 0 atom stereocenters. The molecule has 0 aromatic carbocycles. The van der Waals surface area contributed by atoms with Gasteiger partial charge in [0.05, 0.1) is 0 Å². The van der Waals surface area contributed by atoms with Crippen LogP contribution in [-0.4, -0.2) is 10.1 Å². The Kier molecular flexibility index (Phi) is 1.41. The van der Waals surface area contributed by atoms with E-state index in [-0.39, 0.29) is 11.8 Å². The molecule has 46 valence electrons. The number of hydrogen-bond donors (Lipinski definition) is 1. The van der Waals surface area contributed by atoms with Gasteiger partial charge in [0.15, 0.2) is 0 Å². The molecule has 1 rings (SSSR count). The molecule has 1 heterocycles. The fourth-order valence-electron chi connectivity index (χ4n) is 0.430. The minimum Gasteiger partial charge on any atom is -0.480 e. The SMILES string of the molecule is CC#Cc1[15n]cc(O)o1. The monoisotopic (exact) mass is 124 g/mol. The van der Waals surface area contributed by atoms with E-state index in [1.807, 2.05) is 0 Å². The van der Waals surface area contributed by atoms with Gasteiger partial charge in [-0.15, -0.1) is 0 Å². The van der Waals surface area contributed by atoms with Crippen LogP contribution in [0.1, 0.15) is 12.8 Å². The van der Waals surface area contributed by atoms with Gasteiger partial charge in [0.25, 0.3) is 5.89 Å². The maximum atomic E-state index is 8.58. The van der Waals surface area contributed by atoms with Gasteiger partial charge in [0.1, 0.15) is 6.20 Å². The molecule has 3 heteroatoms. The summed E-state index contributed by atoms with van der Waals surface area (Å²) in [7, 11) is 0. The molecular weight excluding hydrogens is 119 g/mol. The lowest BCUT2D eigenvalue weighted by Gasteiger charge is -1.73. The average Bonchev–Trinajstić information content (AvgIpc) is 2.17. The molecule has 0 aliphatic carbocycles. The van der Waals surface area contributed by atoms with E-state index >= 15 is 0 Å². The molecule has 0 unspecified atom stereocenters. The molecular formula is C6H5NO2. The van der Waals surface area contributed by atoms with Gasteiger partial charge in [-0.25, -0.2) is 4.98 Å². The Morgan fingerprint density at radius 3 is 3.00 bits per heavy atom. The van der Waals surface area contributed by atoms with Crippen molar-refractivity contribution in [1.82, 2.24) is 4.98 Å². The van der Waals surface area contributed by atoms with E-state index in [0.717, 1.165) is 0 Å². The minimum atomic E-state index is -0.201. The second kappa shape index (κ2) is 2.23. The van der Waals surface area contributed by atoms with E-state index in [9.17, 15) is 0 Å². The van der Waals surface area contributed by atoms with Crippen LogP contribution in [0.2, 0.25) is 0 Å². The molecule has 0 aliphatic heterocycles. The molecule has 1 N–H and O–H groups in total. The summed E-state index contributed by atoms with van der Waals surface area (Å²) >= 11 is 0. The van der Waals surface area contributed by atoms with Crippen molar-refractivity contribution in [2.24, 2.45) is 0 Å². The van der Waals surface area contributed by atoms with Crippen LogP contribution in [0.4, 0.5) is 0 Å². The second-order valence-electron chi connectivity index (χ2n) is 1.38. The number of aromatic nitrogens is 1. The zero-order valence-electron chi connectivity index (χ0n) is 4.88. The normalized spacial score (nSPS) is 8.11. The zero-order valence-corrected chi connectivity index (χ0v) is 4.88. The third-order valence-electron chi connectivity index (χ3n) is 0.725. The number of aromatic hydroxyl groups is 1. The van der Waals surface area contributed by atoms with Gasteiger partial charge < -0.3 is 9.52 Å². The highest BCUT2D eigenvalue weighted by molar-refractivity contribution is 5.18. The summed E-state index contributed by atoms with van der Waals surface area (Å²) in [5.74, 6) is 5.16. The first-order valence-corrected chi connectivity index (χ1v) is 2.40. The standard InChI is InChI=1S/C6H5NO2/c1-2-3-5-7-4-6(8)9-5/h4,8H,1H3/i7+1. The van der Waals surface area contributed by atoms with Crippen LogP contribution in [0.25, 0.3) is 0 Å². The first kappa shape index (κ1) is 5.70. The number of oxazole rings is 1. The summed E-state index contributed by atoms with van der Waals surface area (Å²) in [5.41, 5.74) is 0. The Balaban J connectivity index is 2.93. The lowest BCUT2D eigenvalue weighted by Crippen LogP contribution is -1.66. The van der Waals surface area contributed by atoms with E-state index in [1.165, 1.54) is 6.20 Å². The van der Waals surface area contributed by atoms with Gasteiger partial charge in [-0.2, -0.15) is 0 Å². The van der Waals surface area contributed by atoms with Gasteiger partial charge in [-0.3, -0.25) is 0 Å². The fourth-order valence-corrected chi connectivity index (χ4v) is 0.430. The first-order valence-electron chi connectivity index (χ1n) is 2.40. The lowest BCUT2D eigenvalue weighted by molar-refractivity contribution is 0.328. The van der Waals surface area contributed by atoms with Crippen molar-refractivity contribution >= 4 is 0 Å². The van der Waals surface area contributed by atoms with Crippen LogP contribution in [0.3, 0.4) is 0 Å². The van der Waals surface area contributed by atoms with Gasteiger partial charge in [-0.05, 0) is 12.8 Å². The van der Waals surface area contributed by atoms with Crippen molar-refractivity contribution in [3.05, 3.63) is 12.1 Å². The van der Waals surface area contributed by atoms with E-state index in [1.54, 1.807) is 6.92 Å². The van der Waals surface area contributed by atoms with Crippen LogP contribution in [-0.2, 0) is 0 Å². The van der Waals surface area contributed by atoms with Crippen molar-refractivity contribution < 1.29 is 9.52 Å².